The van der Waals surface area contributed by atoms with Crippen LogP contribution >= 0.6 is 0 Å². The van der Waals surface area contributed by atoms with Crippen molar-refractivity contribution in [1.82, 2.24) is 9.88 Å². The maximum atomic E-state index is 15.3. The van der Waals surface area contributed by atoms with Crippen molar-refractivity contribution >= 4 is 22.6 Å². The van der Waals surface area contributed by atoms with Gasteiger partial charge >= 0.3 is 6.09 Å². The van der Waals surface area contributed by atoms with Crippen LogP contribution < -0.4 is 9.47 Å². The quantitative estimate of drug-likeness (QED) is 0.0298. The Morgan fingerprint density at radius 2 is 1.61 bits per heavy atom. The number of fused-ring (bicyclic) bond motifs is 3. The molecule has 1 saturated carbocycles. The number of amides is 1. The van der Waals surface area contributed by atoms with E-state index in [1.165, 1.54) is 44.9 Å². The van der Waals surface area contributed by atoms with Crippen LogP contribution in [0.5, 0.6) is 11.5 Å². The van der Waals surface area contributed by atoms with Gasteiger partial charge < -0.3 is 34.0 Å². The molecule has 0 bridgehead atoms. The molecule has 4 aromatic rings. The van der Waals surface area contributed by atoms with Crippen molar-refractivity contribution in [2.45, 2.75) is 161 Å². The van der Waals surface area contributed by atoms with Gasteiger partial charge in [-0.1, -0.05) is 143 Å². The summed E-state index contributed by atoms with van der Waals surface area (Å²) in [5, 5.41) is 27.2. The zero-order valence-electron chi connectivity index (χ0n) is 42.9. The smallest absolute Gasteiger partial charge is 0.410 e. The number of rotatable bonds is 30. The van der Waals surface area contributed by atoms with Gasteiger partial charge in [-0.2, -0.15) is 0 Å². The molecular formula is C60H81N3O8. The molecule has 0 saturated heterocycles. The van der Waals surface area contributed by atoms with E-state index in [4.69, 9.17) is 33.9 Å². The molecule has 0 radical (unpaired) electrons. The zero-order chi connectivity index (χ0) is 49.8. The van der Waals surface area contributed by atoms with Crippen LogP contribution in [0.25, 0.3) is 10.8 Å². The predicted molar refractivity (Wildman–Crippen MR) is 283 cm³/mol. The molecule has 11 nitrogen and oxygen atoms in total. The predicted octanol–water partition coefficient (Wildman–Crippen LogP) is 13.3. The lowest BCUT2D eigenvalue weighted by molar-refractivity contribution is -0.256. The Balaban J connectivity index is 1.33. The van der Waals surface area contributed by atoms with Gasteiger partial charge in [-0.3, -0.25) is 9.88 Å². The standard InChI is InChI=1S/C60H81N3O8/c1-5-8-9-10-11-12-13-14-15-22-38-67-59(66)63(42-47-29-24-28-45-26-16-17-31-50(45)47)56-41-54(62-70-7-3)52-39-46(27-18-20-35-64)51(32-19-21-36-65)57-53-40-49(68-43-48-30-23-25-44(4)61-48)33-34-55(53)71-60(56,58(52)57)69-37-6-2/h6,16-17,23-26,28-31,33-34,39-40,46,51,56-58,64-65H,2,5,7-15,18-22,27,32,35-38,41-43H2,1,3-4H3/t46-,51+,56-,57+,58+,60+/m0/s1. The molecule has 3 aromatic carbocycles. The van der Waals surface area contributed by atoms with Crippen LogP contribution in [0.2, 0.25) is 0 Å². The largest absolute Gasteiger partial charge is 0.487 e. The number of hydrogen-bond acceptors (Lipinski definition) is 10. The summed E-state index contributed by atoms with van der Waals surface area (Å²) in [6.45, 7) is 11.9. The van der Waals surface area contributed by atoms with Gasteiger partial charge in [0.1, 0.15) is 30.8 Å². The SMILES string of the molecule is C=CCO[C@@]12Oc3ccc(OCc4cccc(C)n4)cc3[C@H]3[C@H](CCCCO)[C@@H](CCCCO)C=C(C(=NOCC)C[C@@H]1N(Cc1cccc4ccccc14)C(=O)OCCCCCCCCCCCC)[C@H]32. The van der Waals surface area contributed by atoms with Crippen LogP contribution in [-0.2, 0) is 27.5 Å². The highest BCUT2D eigenvalue weighted by molar-refractivity contribution is 6.03. The molecule has 1 fully saturated rings. The molecule has 3 aliphatic rings. The van der Waals surface area contributed by atoms with Crippen molar-refractivity contribution in [3.8, 4) is 11.5 Å². The number of aromatic nitrogens is 1. The van der Waals surface area contributed by atoms with Crippen molar-refractivity contribution in [3.63, 3.8) is 0 Å². The maximum Gasteiger partial charge on any atom is 0.410 e. The Kier molecular flexibility index (Phi) is 20.8. The minimum Gasteiger partial charge on any atom is -0.487 e. The van der Waals surface area contributed by atoms with Gasteiger partial charge in [0, 0.05) is 36.8 Å². The lowest BCUT2D eigenvalue weighted by Gasteiger charge is -2.60. The molecular weight excluding hydrogens is 891 g/mol. The molecule has 0 unspecified atom stereocenters. The number of nitrogens with zero attached hydrogens (tertiary/aromatic N) is 3. The first kappa shape index (κ1) is 53.6. The summed E-state index contributed by atoms with van der Waals surface area (Å²) in [7, 11) is 0. The summed E-state index contributed by atoms with van der Waals surface area (Å²) < 4.78 is 27.7. The van der Waals surface area contributed by atoms with E-state index in [0.717, 1.165) is 89.5 Å². The van der Waals surface area contributed by atoms with Gasteiger partial charge in [0.05, 0.1) is 37.1 Å². The van der Waals surface area contributed by atoms with Crippen molar-refractivity contribution in [3.05, 3.63) is 126 Å². The van der Waals surface area contributed by atoms with Gasteiger partial charge in [-0.25, -0.2) is 4.79 Å². The van der Waals surface area contributed by atoms with Gasteiger partial charge in [0.15, 0.2) is 0 Å². The number of hydrogen-bond donors (Lipinski definition) is 2. The van der Waals surface area contributed by atoms with E-state index in [-0.39, 0.29) is 50.5 Å². The van der Waals surface area contributed by atoms with Crippen LogP contribution in [-0.4, -0.2) is 76.8 Å². The second kappa shape index (κ2) is 27.6. The number of allylic oxidation sites excluding steroid dienone is 1. The topological polar surface area (TPSA) is 132 Å². The monoisotopic (exact) mass is 972 g/mol. The number of unbranched alkanes of at least 4 members (excludes halogenated alkanes) is 11. The minimum absolute atomic E-state index is 0.0685. The average molecular weight is 972 g/mol. The molecule has 71 heavy (non-hydrogen) atoms. The third-order valence-corrected chi connectivity index (χ3v) is 14.8. The molecule has 1 amide bonds. The van der Waals surface area contributed by atoms with Gasteiger partial charge in [-0.15, -0.1) is 6.58 Å². The van der Waals surface area contributed by atoms with Crippen LogP contribution in [0.4, 0.5) is 4.79 Å². The molecule has 6 atom stereocenters. The number of aryl methyl sites for hydroxylation is 1. The first-order valence-corrected chi connectivity index (χ1v) is 27.0. The number of aliphatic hydroxyl groups excluding tert-OH is 2. The van der Waals surface area contributed by atoms with Crippen molar-refractivity contribution in [2.24, 2.45) is 22.9 Å². The number of ether oxygens (including phenoxy) is 4. The van der Waals surface area contributed by atoms with Crippen LogP contribution in [0.1, 0.15) is 151 Å². The summed E-state index contributed by atoms with van der Waals surface area (Å²) in [6.07, 6.45) is 20.5. The van der Waals surface area contributed by atoms with E-state index in [2.05, 4.69) is 49.9 Å². The molecule has 11 heteroatoms. The Hall–Kier alpha value is -5.23. The molecule has 1 aliphatic heterocycles. The van der Waals surface area contributed by atoms with Gasteiger partial charge in [0.2, 0.25) is 5.79 Å². The lowest BCUT2D eigenvalue weighted by Crippen LogP contribution is -2.70. The minimum atomic E-state index is -1.43. The molecule has 0 spiro atoms. The highest BCUT2D eigenvalue weighted by Gasteiger charge is 2.65. The molecule has 2 aliphatic carbocycles. The summed E-state index contributed by atoms with van der Waals surface area (Å²) in [4.78, 5) is 27.8. The summed E-state index contributed by atoms with van der Waals surface area (Å²) in [5.41, 5.74) is 5.48. The molecule has 2 N–H and O–H groups in total. The third kappa shape index (κ3) is 13.6. The summed E-state index contributed by atoms with van der Waals surface area (Å²) in [6, 6.07) is 25.8. The highest BCUT2D eigenvalue weighted by Crippen LogP contribution is 2.62. The second-order valence-corrected chi connectivity index (χ2v) is 19.8. The van der Waals surface area contributed by atoms with E-state index in [9.17, 15) is 10.2 Å². The first-order valence-electron chi connectivity index (χ1n) is 27.0. The fourth-order valence-corrected chi connectivity index (χ4v) is 11.5. The summed E-state index contributed by atoms with van der Waals surface area (Å²) >= 11 is 0. The average Bonchev–Trinajstić information content (AvgIpc) is 3.38. The summed E-state index contributed by atoms with van der Waals surface area (Å²) in [5.74, 6) is -0.555. The Labute approximate surface area is 423 Å². The highest BCUT2D eigenvalue weighted by atomic mass is 16.7. The number of benzene rings is 3. The Bertz CT molecular complexity index is 2360. The molecule has 7 rings (SSSR count). The first-order chi connectivity index (χ1) is 34.8. The number of carbonyl (C=O) groups is 1. The van der Waals surface area contributed by atoms with E-state index >= 15 is 4.79 Å². The number of oxime groups is 1. The normalized spacial score (nSPS) is 21.7. The maximum absolute atomic E-state index is 15.3. The zero-order valence-corrected chi connectivity index (χ0v) is 42.9. The van der Waals surface area contributed by atoms with Crippen molar-refractivity contribution in [2.75, 3.05) is 33.0 Å². The van der Waals surface area contributed by atoms with Gasteiger partial charge in [0.25, 0.3) is 0 Å². The van der Waals surface area contributed by atoms with E-state index in [0.29, 0.717) is 44.2 Å². The third-order valence-electron chi connectivity index (χ3n) is 14.8. The van der Waals surface area contributed by atoms with Crippen LogP contribution in [0.15, 0.2) is 108 Å². The molecule has 1 aromatic heterocycles. The lowest BCUT2D eigenvalue weighted by atomic mass is 9.55. The Morgan fingerprint density at radius 3 is 2.35 bits per heavy atom. The number of carbonyl (C=O) groups excluding carboxylic acids is 1. The fourth-order valence-electron chi connectivity index (χ4n) is 11.5. The van der Waals surface area contributed by atoms with Crippen molar-refractivity contribution in [1.29, 1.82) is 0 Å². The van der Waals surface area contributed by atoms with Gasteiger partial charge in [-0.05, 0) is 110 Å². The van der Waals surface area contributed by atoms with E-state index in [1.54, 1.807) is 6.08 Å². The van der Waals surface area contributed by atoms with Crippen LogP contribution in [0, 0.1) is 24.7 Å². The van der Waals surface area contributed by atoms with E-state index < -0.39 is 23.8 Å². The number of aliphatic hydroxyl groups is 2. The van der Waals surface area contributed by atoms with E-state index in [1.807, 2.05) is 67.3 Å². The Morgan fingerprint density at radius 1 is 0.873 bits per heavy atom. The van der Waals surface area contributed by atoms with Crippen molar-refractivity contribution < 1.29 is 38.8 Å². The second-order valence-electron chi connectivity index (χ2n) is 19.8. The number of pyridine rings is 1. The van der Waals surface area contributed by atoms with Crippen LogP contribution in [0.3, 0.4) is 0 Å². The molecule has 2 heterocycles. The molecule has 384 valence electrons. The fraction of sp³-hybridized carbons (Fsp3) is 0.550.